The van der Waals surface area contributed by atoms with Crippen LogP contribution in [0.15, 0.2) is 48.5 Å². The number of amides is 1. The first-order valence-electron chi connectivity index (χ1n) is 6.41. The zero-order valence-corrected chi connectivity index (χ0v) is 12.2. The van der Waals surface area contributed by atoms with E-state index in [0.717, 1.165) is 5.56 Å². The van der Waals surface area contributed by atoms with Gasteiger partial charge in [0.25, 0.3) is 0 Å². The van der Waals surface area contributed by atoms with E-state index in [0.29, 0.717) is 13.2 Å². The Morgan fingerprint density at radius 2 is 2.05 bits per heavy atom. The van der Waals surface area contributed by atoms with Crippen LogP contribution in [-0.4, -0.2) is 12.6 Å². The van der Waals surface area contributed by atoms with Crippen molar-refractivity contribution < 1.29 is 9.53 Å². The molecule has 3 nitrogen and oxygen atoms in total. The molecular formula is C16H17NO2S. The number of hydrogen-bond donors (Lipinski definition) is 1. The molecule has 0 saturated heterocycles. The standard InChI is InChI=1S/C16H17NO2S/c1-13-9-10-15(20-13)8-5-11-17-16(18)19-12-14-6-3-2-4-7-14/h2-10H,11-12H2,1H3,(H,17,18). The summed E-state index contributed by atoms with van der Waals surface area (Å²) in [6.45, 7) is 2.83. The van der Waals surface area contributed by atoms with Gasteiger partial charge in [0.15, 0.2) is 0 Å². The van der Waals surface area contributed by atoms with Crippen LogP contribution in [0.4, 0.5) is 4.79 Å². The van der Waals surface area contributed by atoms with Gasteiger partial charge in [0, 0.05) is 16.3 Å². The lowest BCUT2D eigenvalue weighted by atomic mass is 10.2. The molecule has 20 heavy (non-hydrogen) atoms. The van der Waals surface area contributed by atoms with E-state index in [-0.39, 0.29) is 0 Å². The zero-order chi connectivity index (χ0) is 14.2. The quantitative estimate of drug-likeness (QED) is 0.902. The van der Waals surface area contributed by atoms with E-state index >= 15 is 0 Å². The Morgan fingerprint density at radius 3 is 2.75 bits per heavy atom. The van der Waals surface area contributed by atoms with Crippen LogP contribution >= 0.6 is 11.3 Å². The summed E-state index contributed by atoms with van der Waals surface area (Å²) in [6, 6.07) is 13.8. The van der Waals surface area contributed by atoms with Crippen molar-refractivity contribution in [2.75, 3.05) is 6.54 Å². The van der Waals surface area contributed by atoms with E-state index in [1.165, 1.54) is 9.75 Å². The molecule has 1 aromatic heterocycles. The Hall–Kier alpha value is -2.07. The molecule has 0 saturated carbocycles. The molecule has 104 valence electrons. The summed E-state index contributed by atoms with van der Waals surface area (Å²) in [5.74, 6) is 0. The van der Waals surface area contributed by atoms with Crippen molar-refractivity contribution >= 4 is 23.5 Å². The average Bonchev–Trinajstić information content (AvgIpc) is 2.88. The lowest BCUT2D eigenvalue weighted by Crippen LogP contribution is -2.24. The minimum atomic E-state index is -0.402. The molecule has 2 aromatic rings. The van der Waals surface area contributed by atoms with Gasteiger partial charge < -0.3 is 10.1 Å². The van der Waals surface area contributed by atoms with E-state index < -0.39 is 6.09 Å². The molecule has 0 spiro atoms. The molecule has 1 heterocycles. The number of ether oxygens (including phenoxy) is 1. The molecule has 1 aromatic carbocycles. The maximum Gasteiger partial charge on any atom is 0.407 e. The van der Waals surface area contributed by atoms with Crippen LogP contribution in [0.5, 0.6) is 0 Å². The SMILES string of the molecule is Cc1ccc(C=CCNC(=O)OCc2ccccc2)s1. The summed E-state index contributed by atoms with van der Waals surface area (Å²) in [4.78, 5) is 13.9. The van der Waals surface area contributed by atoms with E-state index in [1.807, 2.05) is 42.5 Å². The molecule has 0 radical (unpaired) electrons. The van der Waals surface area contributed by atoms with Crippen molar-refractivity contribution in [2.45, 2.75) is 13.5 Å². The highest BCUT2D eigenvalue weighted by atomic mass is 32.1. The second kappa shape index (κ2) is 7.50. The Bertz CT molecular complexity index is 575. The summed E-state index contributed by atoms with van der Waals surface area (Å²) in [6.07, 6.45) is 3.50. The molecular weight excluding hydrogens is 270 g/mol. The predicted molar refractivity (Wildman–Crippen MR) is 82.7 cm³/mol. The number of nitrogens with one attached hydrogen (secondary N) is 1. The second-order valence-corrected chi connectivity index (χ2v) is 5.61. The van der Waals surface area contributed by atoms with E-state index in [2.05, 4.69) is 24.4 Å². The van der Waals surface area contributed by atoms with E-state index in [1.54, 1.807) is 11.3 Å². The second-order valence-electron chi connectivity index (χ2n) is 4.29. The van der Waals surface area contributed by atoms with Gasteiger partial charge in [-0.2, -0.15) is 0 Å². The first-order chi connectivity index (χ1) is 9.74. The molecule has 0 aliphatic rings. The van der Waals surface area contributed by atoms with Gasteiger partial charge in [0.05, 0.1) is 0 Å². The number of aryl methyl sites for hydroxylation is 1. The minimum absolute atomic E-state index is 0.292. The third-order valence-electron chi connectivity index (χ3n) is 2.62. The van der Waals surface area contributed by atoms with Gasteiger partial charge in [-0.3, -0.25) is 0 Å². The molecule has 0 aliphatic heterocycles. The highest BCUT2D eigenvalue weighted by Gasteiger charge is 2.00. The fraction of sp³-hybridized carbons (Fsp3) is 0.188. The molecule has 4 heteroatoms. The minimum Gasteiger partial charge on any atom is -0.445 e. The topological polar surface area (TPSA) is 38.3 Å². The van der Waals surface area contributed by atoms with Crippen molar-refractivity contribution in [3.8, 4) is 0 Å². The van der Waals surface area contributed by atoms with Gasteiger partial charge in [0.2, 0.25) is 0 Å². The van der Waals surface area contributed by atoms with Gasteiger partial charge in [-0.15, -0.1) is 11.3 Å². The number of rotatable bonds is 5. The van der Waals surface area contributed by atoms with Crippen LogP contribution < -0.4 is 5.32 Å². The number of carbonyl (C=O) groups excluding carboxylic acids is 1. The molecule has 0 aliphatic carbocycles. The molecule has 0 unspecified atom stereocenters. The fourth-order valence-corrected chi connectivity index (χ4v) is 2.44. The summed E-state index contributed by atoms with van der Waals surface area (Å²) in [5.41, 5.74) is 0.979. The average molecular weight is 287 g/mol. The largest absolute Gasteiger partial charge is 0.445 e. The zero-order valence-electron chi connectivity index (χ0n) is 11.3. The maximum absolute atomic E-state index is 11.5. The monoisotopic (exact) mass is 287 g/mol. The predicted octanol–water partition coefficient (Wildman–Crippen LogP) is 4.00. The Kier molecular flexibility index (Phi) is 5.38. The smallest absolute Gasteiger partial charge is 0.407 e. The van der Waals surface area contributed by atoms with Gasteiger partial charge >= 0.3 is 6.09 Å². The van der Waals surface area contributed by atoms with Crippen molar-refractivity contribution in [3.63, 3.8) is 0 Å². The summed E-state index contributed by atoms with van der Waals surface area (Å²) >= 11 is 1.72. The van der Waals surface area contributed by atoms with Crippen molar-refractivity contribution in [1.82, 2.24) is 5.32 Å². The molecule has 0 atom stereocenters. The van der Waals surface area contributed by atoms with Crippen LogP contribution in [0.2, 0.25) is 0 Å². The number of hydrogen-bond acceptors (Lipinski definition) is 3. The molecule has 2 rings (SSSR count). The lowest BCUT2D eigenvalue weighted by Gasteiger charge is -2.04. The van der Waals surface area contributed by atoms with Crippen molar-refractivity contribution in [2.24, 2.45) is 0 Å². The normalized spacial score (nSPS) is 10.7. The Morgan fingerprint density at radius 1 is 1.25 bits per heavy atom. The first-order valence-corrected chi connectivity index (χ1v) is 7.23. The number of benzene rings is 1. The van der Waals surface area contributed by atoms with Crippen LogP contribution in [0.1, 0.15) is 15.3 Å². The molecule has 0 fully saturated rings. The number of thiophene rings is 1. The molecule has 1 N–H and O–H groups in total. The van der Waals surface area contributed by atoms with Crippen LogP contribution in [0, 0.1) is 6.92 Å². The molecule has 1 amide bonds. The summed E-state index contributed by atoms with van der Waals surface area (Å²) in [5, 5.41) is 2.69. The lowest BCUT2D eigenvalue weighted by molar-refractivity contribution is 0.141. The van der Waals surface area contributed by atoms with Gasteiger partial charge in [-0.05, 0) is 30.7 Å². The third-order valence-corrected chi connectivity index (χ3v) is 3.59. The van der Waals surface area contributed by atoms with Gasteiger partial charge in [0.1, 0.15) is 6.61 Å². The number of carbonyl (C=O) groups is 1. The highest BCUT2D eigenvalue weighted by molar-refractivity contribution is 7.12. The van der Waals surface area contributed by atoms with E-state index in [9.17, 15) is 4.79 Å². The number of alkyl carbamates (subject to hydrolysis) is 1. The Labute approximate surface area is 122 Å². The van der Waals surface area contributed by atoms with Crippen molar-refractivity contribution in [3.05, 3.63) is 63.9 Å². The Balaban J connectivity index is 1.66. The van der Waals surface area contributed by atoms with Gasteiger partial charge in [-0.25, -0.2) is 4.79 Å². The van der Waals surface area contributed by atoms with Crippen LogP contribution in [0.25, 0.3) is 6.08 Å². The van der Waals surface area contributed by atoms with Crippen LogP contribution in [-0.2, 0) is 11.3 Å². The molecule has 0 bridgehead atoms. The van der Waals surface area contributed by atoms with Crippen molar-refractivity contribution in [1.29, 1.82) is 0 Å². The highest BCUT2D eigenvalue weighted by Crippen LogP contribution is 2.15. The summed E-state index contributed by atoms with van der Waals surface area (Å²) in [7, 11) is 0. The van der Waals surface area contributed by atoms with Crippen LogP contribution in [0.3, 0.4) is 0 Å². The van der Waals surface area contributed by atoms with Gasteiger partial charge in [-0.1, -0.05) is 36.4 Å². The summed E-state index contributed by atoms with van der Waals surface area (Å²) < 4.78 is 5.10. The third kappa shape index (κ3) is 4.90. The van der Waals surface area contributed by atoms with E-state index in [4.69, 9.17) is 4.74 Å². The maximum atomic E-state index is 11.5. The first kappa shape index (κ1) is 14.3. The fourth-order valence-electron chi connectivity index (χ4n) is 1.63.